The van der Waals surface area contributed by atoms with E-state index in [9.17, 15) is 4.79 Å². The van der Waals surface area contributed by atoms with E-state index in [1.54, 1.807) is 0 Å². The minimum absolute atomic E-state index is 0.0482. The molecule has 0 aromatic carbocycles. The third-order valence-electron chi connectivity index (χ3n) is 2.67. The first-order valence-corrected chi connectivity index (χ1v) is 6.07. The first-order valence-electron chi connectivity index (χ1n) is 5.69. The Morgan fingerprint density at radius 3 is 3.00 bits per heavy atom. The van der Waals surface area contributed by atoms with Crippen molar-refractivity contribution in [3.63, 3.8) is 0 Å². The van der Waals surface area contributed by atoms with Crippen LogP contribution in [0.4, 0.5) is 5.82 Å². The van der Waals surface area contributed by atoms with Crippen LogP contribution in [0.1, 0.15) is 32.1 Å². The molecule has 1 aromatic rings. The number of hydrogen-bond donors (Lipinski definition) is 1. The van der Waals surface area contributed by atoms with Crippen molar-refractivity contribution in [2.75, 3.05) is 5.32 Å². The SMILES string of the molecule is O=C(CC1=CCCCC1)Nc1cc(Cl)ncn1. The predicted octanol–water partition coefficient (Wildman–Crippen LogP) is 2.96. The van der Waals surface area contributed by atoms with Gasteiger partial charge in [-0.25, -0.2) is 9.97 Å². The largest absolute Gasteiger partial charge is 0.310 e. The molecule has 4 nitrogen and oxygen atoms in total. The normalized spacial score (nSPS) is 15.2. The number of carbonyl (C=O) groups excluding carboxylic acids is 1. The lowest BCUT2D eigenvalue weighted by Crippen LogP contribution is -2.14. The van der Waals surface area contributed by atoms with Gasteiger partial charge in [0.1, 0.15) is 17.3 Å². The second-order valence-corrected chi connectivity index (χ2v) is 4.45. The Labute approximate surface area is 105 Å². The molecule has 1 aliphatic rings. The Bertz CT molecular complexity index is 445. The molecule has 1 aliphatic carbocycles. The number of allylic oxidation sites excluding steroid dienone is 1. The first-order chi connectivity index (χ1) is 8.24. The Kier molecular flexibility index (Phi) is 4.09. The van der Waals surface area contributed by atoms with Crippen LogP contribution < -0.4 is 5.32 Å². The molecule has 0 bridgehead atoms. The molecule has 2 rings (SSSR count). The average Bonchev–Trinajstić information content (AvgIpc) is 2.30. The van der Waals surface area contributed by atoms with Crippen LogP contribution in [0.3, 0.4) is 0 Å². The zero-order chi connectivity index (χ0) is 12.1. The predicted molar refractivity (Wildman–Crippen MR) is 66.8 cm³/mol. The zero-order valence-corrected chi connectivity index (χ0v) is 10.2. The van der Waals surface area contributed by atoms with Gasteiger partial charge >= 0.3 is 0 Å². The molecule has 0 radical (unpaired) electrons. The third kappa shape index (κ3) is 3.82. The molecular formula is C12H14ClN3O. The van der Waals surface area contributed by atoms with Gasteiger partial charge in [0.15, 0.2) is 0 Å². The summed E-state index contributed by atoms with van der Waals surface area (Å²) in [5.41, 5.74) is 1.22. The summed E-state index contributed by atoms with van der Waals surface area (Å²) in [6.45, 7) is 0. The van der Waals surface area contributed by atoms with E-state index < -0.39 is 0 Å². The molecule has 0 saturated heterocycles. The summed E-state index contributed by atoms with van der Waals surface area (Å²) in [6, 6.07) is 1.54. The second kappa shape index (κ2) is 5.77. The van der Waals surface area contributed by atoms with E-state index in [0.717, 1.165) is 12.8 Å². The van der Waals surface area contributed by atoms with E-state index >= 15 is 0 Å². The molecule has 1 N–H and O–H groups in total. The molecular weight excluding hydrogens is 238 g/mol. The molecule has 0 saturated carbocycles. The number of hydrogen-bond acceptors (Lipinski definition) is 3. The third-order valence-corrected chi connectivity index (χ3v) is 2.88. The van der Waals surface area contributed by atoms with E-state index in [2.05, 4.69) is 21.4 Å². The molecule has 0 aliphatic heterocycles. The lowest BCUT2D eigenvalue weighted by Gasteiger charge is -2.12. The fourth-order valence-corrected chi connectivity index (χ4v) is 2.01. The van der Waals surface area contributed by atoms with Gasteiger partial charge in [0, 0.05) is 12.5 Å². The topological polar surface area (TPSA) is 54.9 Å². The van der Waals surface area contributed by atoms with E-state index in [4.69, 9.17) is 11.6 Å². The van der Waals surface area contributed by atoms with Gasteiger partial charge in [-0.1, -0.05) is 23.3 Å². The van der Waals surface area contributed by atoms with Crippen molar-refractivity contribution in [1.29, 1.82) is 0 Å². The number of aromatic nitrogens is 2. The van der Waals surface area contributed by atoms with E-state index in [-0.39, 0.29) is 5.91 Å². The fraction of sp³-hybridized carbons (Fsp3) is 0.417. The van der Waals surface area contributed by atoms with Crippen LogP contribution in [-0.4, -0.2) is 15.9 Å². The zero-order valence-electron chi connectivity index (χ0n) is 9.45. The van der Waals surface area contributed by atoms with Gasteiger partial charge < -0.3 is 5.32 Å². The van der Waals surface area contributed by atoms with E-state index in [0.29, 0.717) is 17.4 Å². The second-order valence-electron chi connectivity index (χ2n) is 4.06. The summed E-state index contributed by atoms with van der Waals surface area (Å²) < 4.78 is 0. The van der Waals surface area contributed by atoms with Gasteiger partial charge in [0.25, 0.3) is 0 Å². The number of nitrogens with one attached hydrogen (secondary N) is 1. The van der Waals surface area contributed by atoms with Crippen molar-refractivity contribution in [1.82, 2.24) is 9.97 Å². The Morgan fingerprint density at radius 1 is 1.41 bits per heavy atom. The van der Waals surface area contributed by atoms with Crippen molar-refractivity contribution in [2.45, 2.75) is 32.1 Å². The smallest absolute Gasteiger partial charge is 0.229 e. The quantitative estimate of drug-likeness (QED) is 0.664. The fourth-order valence-electron chi connectivity index (χ4n) is 1.86. The number of carbonyl (C=O) groups is 1. The minimum Gasteiger partial charge on any atom is -0.310 e. The summed E-state index contributed by atoms with van der Waals surface area (Å²) in [5.74, 6) is 0.402. The molecule has 90 valence electrons. The molecule has 0 unspecified atom stereocenters. The molecule has 0 atom stereocenters. The van der Waals surface area contributed by atoms with Crippen LogP contribution in [0.5, 0.6) is 0 Å². The maximum absolute atomic E-state index is 11.7. The van der Waals surface area contributed by atoms with Crippen LogP contribution in [0, 0.1) is 0 Å². The Balaban J connectivity index is 1.91. The highest BCUT2D eigenvalue weighted by atomic mass is 35.5. The van der Waals surface area contributed by atoms with Crippen molar-refractivity contribution < 1.29 is 4.79 Å². The number of rotatable bonds is 3. The Morgan fingerprint density at radius 2 is 2.29 bits per heavy atom. The average molecular weight is 252 g/mol. The highest BCUT2D eigenvalue weighted by molar-refractivity contribution is 6.29. The number of nitrogens with zero attached hydrogens (tertiary/aromatic N) is 2. The summed E-state index contributed by atoms with van der Waals surface area (Å²) in [7, 11) is 0. The molecule has 17 heavy (non-hydrogen) atoms. The monoisotopic (exact) mass is 251 g/mol. The summed E-state index contributed by atoms with van der Waals surface area (Å²) in [5, 5.41) is 3.04. The van der Waals surface area contributed by atoms with Gasteiger partial charge in [0.2, 0.25) is 5.91 Å². The van der Waals surface area contributed by atoms with Gasteiger partial charge in [-0.2, -0.15) is 0 Å². The number of halogens is 1. The Hall–Kier alpha value is -1.42. The van der Waals surface area contributed by atoms with E-state index in [1.165, 1.54) is 30.8 Å². The molecule has 5 heteroatoms. The standard InChI is InChI=1S/C12H14ClN3O/c13-10-7-11(15-8-14-10)16-12(17)6-9-4-2-1-3-5-9/h4,7-8H,1-3,5-6H2,(H,14,15,16,17). The van der Waals surface area contributed by atoms with Gasteiger partial charge in [0.05, 0.1) is 0 Å². The summed E-state index contributed by atoms with van der Waals surface area (Å²) in [4.78, 5) is 19.4. The highest BCUT2D eigenvalue weighted by Gasteiger charge is 2.09. The molecule has 1 amide bonds. The molecule has 1 aromatic heterocycles. The lowest BCUT2D eigenvalue weighted by molar-refractivity contribution is -0.115. The van der Waals surface area contributed by atoms with Gasteiger partial charge in [-0.3, -0.25) is 4.79 Å². The minimum atomic E-state index is -0.0482. The van der Waals surface area contributed by atoms with Crippen molar-refractivity contribution in [3.8, 4) is 0 Å². The van der Waals surface area contributed by atoms with Gasteiger partial charge in [-0.05, 0) is 25.7 Å². The molecule has 0 fully saturated rings. The van der Waals surface area contributed by atoms with Crippen LogP contribution in [0.15, 0.2) is 24.0 Å². The lowest BCUT2D eigenvalue weighted by atomic mass is 9.97. The maximum atomic E-state index is 11.7. The van der Waals surface area contributed by atoms with Crippen molar-refractivity contribution >= 4 is 23.3 Å². The summed E-state index contributed by atoms with van der Waals surface area (Å²) >= 11 is 5.71. The number of amides is 1. The summed E-state index contributed by atoms with van der Waals surface area (Å²) in [6.07, 6.45) is 8.46. The van der Waals surface area contributed by atoms with Crippen molar-refractivity contribution in [3.05, 3.63) is 29.2 Å². The van der Waals surface area contributed by atoms with E-state index in [1.807, 2.05) is 0 Å². The first kappa shape index (κ1) is 12.0. The molecule has 1 heterocycles. The van der Waals surface area contributed by atoms with Crippen LogP contribution in [0.2, 0.25) is 5.15 Å². The van der Waals surface area contributed by atoms with Crippen LogP contribution in [-0.2, 0) is 4.79 Å². The van der Waals surface area contributed by atoms with Gasteiger partial charge in [-0.15, -0.1) is 0 Å². The molecule has 0 spiro atoms. The highest BCUT2D eigenvalue weighted by Crippen LogP contribution is 2.20. The maximum Gasteiger partial charge on any atom is 0.229 e. The van der Waals surface area contributed by atoms with Crippen LogP contribution in [0.25, 0.3) is 0 Å². The van der Waals surface area contributed by atoms with Crippen LogP contribution >= 0.6 is 11.6 Å². The number of anilines is 1. The van der Waals surface area contributed by atoms with Crippen molar-refractivity contribution in [2.24, 2.45) is 0 Å².